The maximum Gasteiger partial charge on any atom is 0.0609 e. The fourth-order valence-corrected chi connectivity index (χ4v) is 2.87. The molecule has 0 spiro atoms. The lowest BCUT2D eigenvalue weighted by molar-refractivity contribution is 0.0570. The van der Waals surface area contributed by atoms with Crippen LogP contribution in [0.1, 0.15) is 38.7 Å². The normalized spacial score (nSPS) is 31.1. The van der Waals surface area contributed by atoms with Gasteiger partial charge in [-0.1, -0.05) is 26.3 Å². The molecule has 0 amide bonds. The number of aliphatic hydroxyl groups is 1. The molecule has 4 unspecified atom stereocenters. The van der Waals surface area contributed by atoms with Crippen molar-refractivity contribution in [2.24, 2.45) is 17.8 Å². The maximum atomic E-state index is 10.3. The minimum Gasteiger partial charge on any atom is -0.392 e. The number of hydrogen-bond donors (Lipinski definition) is 1. The molecule has 1 fully saturated rings. The number of aromatic nitrogens is 1. The van der Waals surface area contributed by atoms with E-state index in [-0.39, 0.29) is 6.10 Å². The van der Waals surface area contributed by atoms with E-state index in [9.17, 15) is 5.11 Å². The first-order valence-corrected chi connectivity index (χ1v) is 6.73. The van der Waals surface area contributed by atoms with Crippen molar-refractivity contribution in [3.05, 3.63) is 30.1 Å². The van der Waals surface area contributed by atoms with Crippen molar-refractivity contribution in [2.45, 2.75) is 45.6 Å². The van der Waals surface area contributed by atoms with Gasteiger partial charge in [-0.2, -0.15) is 0 Å². The van der Waals surface area contributed by atoms with E-state index in [4.69, 9.17) is 0 Å². The van der Waals surface area contributed by atoms with Crippen molar-refractivity contribution in [2.75, 3.05) is 0 Å². The first kappa shape index (κ1) is 12.6. The lowest BCUT2D eigenvalue weighted by atomic mass is 9.73. The summed E-state index contributed by atoms with van der Waals surface area (Å²) in [5.74, 6) is 2.04. The van der Waals surface area contributed by atoms with Crippen LogP contribution in [0.25, 0.3) is 0 Å². The summed E-state index contributed by atoms with van der Waals surface area (Å²) >= 11 is 0. The van der Waals surface area contributed by atoms with Crippen LogP contribution >= 0.6 is 0 Å². The molecule has 4 atom stereocenters. The van der Waals surface area contributed by atoms with Crippen molar-refractivity contribution < 1.29 is 5.11 Å². The van der Waals surface area contributed by atoms with Gasteiger partial charge in [-0.25, -0.2) is 0 Å². The molecule has 0 aliphatic heterocycles. The first-order chi connectivity index (χ1) is 8.16. The van der Waals surface area contributed by atoms with Gasteiger partial charge in [0.1, 0.15) is 0 Å². The van der Waals surface area contributed by atoms with Crippen LogP contribution in [-0.2, 0) is 6.42 Å². The largest absolute Gasteiger partial charge is 0.392 e. The Hall–Kier alpha value is -0.890. The topological polar surface area (TPSA) is 33.1 Å². The summed E-state index contributed by atoms with van der Waals surface area (Å²) in [6, 6.07) is 3.98. The highest BCUT2D eigenvalue weighted by molar-refractivity contribution is 5.09. The third-order valence-corrected chi connectivity index (χ3v) is 4.35. The van der Waals surface area contributed by atoms with Gasteiger partial charge in [-0.15, -0.1) is 0 Å². The predicted molar refractivity (Wildman–Crippen MR) is 69.6 cm³/mol. The monoisotopic (exact) mass is 233 g/mol. The first-order valence-electron chi connectivity index (χ1n) is 6.73. The molecule has 1 saturated carbocycles. The number of hydrogen-bond acceptors (Lipinski definition) is 2. The molecular weight excluding hydrogens is 210 g/mol. The van der Waals surface area contributed by atoms with E-state index in [0.717, 1.165) is 23.8 Å². The molecule has 2 nitrogen and oxygen atoms in total. The van der Waals surface area contributed by atoms with E-state index in [0.29, 0.717) is 5.92 Å². The smallest absolute Gasteiger partial charge is 0.0609 e. The van der Waals surface area contributed by atoms with Crippen LogP contribution in [0, 0.1) is 17.8 Å². The van der Waals surface area contributed by atoms with Crippen LogP contribution in [0.15, 0.2) is 24.5 Å². The summed E-state index contributed by atoms with van der Waals surface area (Å²) < 4.78 is 0. The second kappa shape index (κ2) is 5.63. The summed E-state index contributed by atoms with van der Waals surface area (Å²) in [6.07, 6.45) is 7.79. The maximum absolute atomic E-state index is 10.3. The summed E-state index contributed by atoms with van der Waals surface area (Å²) in [7, 11) is 0. The zero-order valence-corrected chi connectivity index (χ0v) is 10.8. The molecular formula is C15H23NO. The fraction of sp³-hybridized carbons (Fsp3) is 0.667. The van der Waals surface area contributed by atoms with Gasteiger partial charge in [-0.3, -0.25) is 4.98 Å². The second-order valence-corrected chi connectivity index (χ2v) is 5.66. The molecule has 1 aromatic rings. The molecule has 94 valence electrons. The molecule has 1 aliphatic carbocycles. The Bertz CT molecular complexity index is 338. The molecule has 0 aromatic carbocycles. The molecule has 0 saturated heterocycles. The van der Waals surface area contributed by atoms with E-state index in [2.05, 4.69) is 18.8 Å². The molecule has 2 heteroatoms. The molecule has 1 aliphatic rings. The molecule has 17 heavy (non-hydrogen) atoms. The number of pyridine rings is 1. The number of aliphatic hydroxyl groups excluding tert-OH is 1. The molecule has 2 rings (SSSR count). The van der Waals surface area contributed by atoms with E-state index in [1.165, 1.54) is 19.3 Å². The Morgan fingerprint density at radius 2 is 2.18 bits per heavy atom. The molecule has 1 aromatic heterocycles. The van der Waals surface area contributed by atoms with Gasteiger partial charge in [0, 0.05) is 18.8 Å². The summed E-state index contributed by atoms with van der Waals surface area (Å²) in [4.78, 5) is 4.10. The Morgan fingerprint density at radius 3 is 2.82 bits per heavy atom. The van der Waals surface area contributed by atoms with Gasteiger partial charge in [0.15, 0.2) is 0 Å². The minimum absolute atomic E-state index is 0.200. The van der Waals surface area contributed by atoms with Crippen LogP contribution in [0.2, 0.25) is 0 Å². The Kier molecular flexibility index (Phi) is 4.16. The second-order valence-electron chi connectivity index (χ2n) is 5.66. The Balaban J connectivity index is 1.90. The van der Waals surface area contributed by atoms with E-state index in [1.807, 2.05) is 18.3 Å². The third kappa shape index (κ3) is 3.29. The zero-order chi connectivity index (χ0) is 12.3. The molecule has 0 radical (unpaired) electrons. The fourth-order valence-electron chi connectivity index (χ4n) is 2.87. The standard InChI is InChI=1S/C15H23NO/c1-11-5-6-14(8-12(11)2)15(17)9-13-4-3-7-16-10-13/h3-4,7,10-12,14-15,17H,5-6,8-9H2,1-2H3. The lowest BCUT2D eigenvalue weighted by Gasteiger charge is -2.34. The van der Waals surface area contributed by atoms with E-state index in [1.54, 1.807) is 6.20 Å². The summed E-state index contributed by atoms with van der Waals surface area (Å²) in [5, 5.41) is 10.3. The van der Waals surface area contributed by atoms with Gasteiger partial charge in [0.25, 0.3) is 0 Å². The average molecular weight is 233 g/mol. The zero-order valence-electron chi connectivity index (χ0n) is 10.8. The Labute approximate surface area is 104 Å². The van der Waals surface area contributed by atoms with E-state index < -0.39 is 0 Å². The van der Waals surface area contributed by atoms with Crippen LogP contribution in [0.4, 0.5) is 0 Å². The van der Waals surface area contributed by atoms with Gasteiger partial charge < -0.3 is 5.11 Å². The van der Waals surface area contributed by atoms with Gasteiger partial charge in [-0.05, 0) is 42.2 Å². The molecule has 1 N–H and O–H groups in total. The summed E-state index contributed by atoms with van der Waals surface area (Å²) in [6.45, 7) is 4.64. The minimum atomic E-state index is -0.200. The number of rotatable bonds is 3. The van der Waals surface area contributed by atoms with E-state index >= 15 is 0 Å². The van der Waals surface area contributed by atoms with Crippen LogP contribution in [0.5, 0.6) is 0 Å². The lowest BCUT2D eigenvalue weighted by Crippen LogP contribution is -2.30. The Morgan fingerprint density at radius 1 is 1.35 bits per heavy atom. The number of nitrogens with zero attached hydrogens (tertiary/aromatic N) is 1. The van der Waals surface area contributed by atoms with Crippen molar-refractivity contribution in [1.82, 2.24) is 4.98 Å². The van der Waals surface area contributed by atoms with Crippen molar-refractivity contribution in [3.63, 3.8) is 0 Å². The van der Waals surface area contributed by atoms with Crippen LogP contribution in [-0.4, -0.2) is 16.2 Å². The van der Waals surface area contributed by atoms with Gasteiger partial charge >= 0.3 is 0 Å². The highest BCUT2D eigenvalue weighted by Gasteiger charge is 2.29. The highest BCUT2D eigenvalue weighted by Crippen LogP contribution is 2.35. The van der Waals surface area contributed by atoms with Crippen molar-refractivity contribution in [1.29, 1.82) is 0 Å². The molecule has 1 heterocycles. The summed E-state index contributed by atoms with van der Waals surface area (Å²) in [5.41, 5.74) is 1.14. The SMILES string of the molecule is CC1CCC(C(O)Cc2cccnc2)CC1C. The highest BCUT2D eigenvalue weighted by atomic mass is 16.3. The molecule has 0 bridgehead atoms. The van der Waals surface area contributed by atoms with Gasteiger partial charge in [0.2, 0.25) is 0 Å². The predicted octanol–water partition coefficient (Wildman–Crippen LogP) is 3.06. The van der Waals surface area contributed by atoms with Crippen LogP contribution < -0.4 is 0 Å². The average Bonchev–Trinajstić information content (AvgIpc) is 2.34. The third-order valence-electron chi connectivity index (χ3n) is 4.35. The van der Waals surface area contributed by atoms with Crippen LogP contribution in [0.3, 0.4) is 0 Å². The van der Waals surface area contributed by atoms with Crippen molar-refractivity contribution in [3.8, 4) is 0 Å². The van der Waals surface area contributed by atoms with Crippen molar-refractivity contribution >= 4 is 0 Å². The van der Waals surface area contributed by atoms with Gasteiger partial charge in [0.05, 0.1) is 6.10 Å². The quantitative estimate of drug-likeness (QED) is 0.870.